The molecule has 136 valence electrons. The molecule has 0 unspecified atom stereocenters. The number of carbonyl (C=O) groups is 1. The van der Waals surface area contributed by atoms with Gasteiger partial charge in [-0.1, -0.05) is 75.1 Å². The molecule has 0 bridgehead atoms. The Kier molecular flexibility index (Phi) is 7.02. The largest absolute Gasteiger partial charge is 0.300 e. The van der Waals surface area contributed by atoms with Crippen LogP contribution in [0.2, 0.25) is 0 Å². The molecule has 1 atom stereocenters. The number of anilines is 1. The fourth-order valence-electron chi connectivity index (χ4n) is 2.83. The van der Waals surface area contributed by atoms with Crippen LogP contribution in [0.3, 0.4) is 0 Å². The van der Waals surface area contributed by atoms with Gasteiger partial charge < -0.3 is 5.32 Å². The highest BCUT2D eigenvalue weighted by atomic mass is 32.2. The number of thioether (sulfide) groups is 1. The van der Waals surface area contributed by atoms with Crippen molar-refractivity contribution in [1.82, 2.24) is 10.2 Å². The van der Waals surface area contributed by atoms with Crippen LogP contribution in [-0.4, -0.2) is 16.1 Å². The molecule has 0 aliphatic rings. The lowest BCUT2D eigenvalue weighted by atomic mass is 9.84. The molecule has 2 rings (SSSR count). The van der Waals surface area contributed by atoms with E-state index in [1.54, 1.807) is 11.8 Å². The second-order valence-corrected chi connectivity index (χ2v) is 9.91. The van der Waals surface area contributed by atoms with Crippen LogP contribution in [0.1, 0.15) is 51.7 Å². The fourth-order valence-corrected chi connectivity index (χ4v) is 4.68. The quantitative estimate of drug-likeness (QED) is 0.508. The minimum atomic E-state index is 0.0170. The summed E-state index contributed by atoms with van der Waals surface area (Å²) in [4.78, 5) is 12.2. The monoisotopic (exact) mass is 377 g/mol. The molecule has 25 heavy (non-hydrogen) atoms. The number of nitrogens with one attached hydrogen (secondary N) is 1. The van der Waals surface area contributed by atoms with Crippen molar-refractivity contribution >= 4 is 34.1 Å². The predicted octanol–water partition coefficient (Wildman–Crippen LogP) is 5.54. The predicted molar refractivity (Wildman–Crippen MR) is 107 cm³/mol. The molecular weight excluding hydrogens is 350 g/mol. The molecule has 2 aromatic rings. The number of rotatable bonds is 7. The van der Waals surface area contributed by atoms with E-state index in [-0.39, 0.29) is 11.3 Å². The van der Waals surface area contributed by atoms with E-state index in [9.17, 15) is 4.79 Å². The van der Waals surface area contributed by atoms with Gasteiger partial charge in [-0.05, 0) is 35.8 Å². The number of nitrogens with zero attached hydrogens (tertiary/aromatic N) is 2. The van der Waals surface area contributed by atoms with Gasteiger partial charge in [0.2, 0.25) is 11.0 Å². The first-order valence-corrected chi connectivity index (χ1v) is 10.3. The Hall–Kier alpha value is -1.40. The summed E-state index contributed by atoms with van der Waals surface area (Å²) < 4.78 is 0.876. The topological polar surface area (TPSA) is 54.9 Å². The summed E-state index contributed by atoms with van der Waals surface area (Å²) in [6.45, 7) is 10.8. The first-order valence-electron chi connectivity index (χ1n) is 8.53. The molecule has 0 saturated heterocycles. The van der Waals surface area contributed by atoms with Crippen molar-refractivity contribution in [3.63, 3.8) is 0 Å². The zero-order valence-corrected chi connectivity index (χ0v) is 17.3. The van der Waals surface area contributed by atoms with Crippen LogP contribution >= 0.6 is 23.1 Å². The molecule has 0 spiro atoms. The normalized spacial score (nSPS) is 12.8. The molecule has 0 fully saturated rings. The van der Waals surface area contributed by atoms with Crippen LogP contribution in [0.5, 0.6) is 0 Å². The van der Waals surface area contributed by atoms with Crippen molar-refractivity contribution < 1.29 is 4.79 Å². The van der Waals surface area contributed by atoms with Crippen molar-refractivity contribution in [3.05, 3.63) is 35.4 Å². The summed E-state index contributed by atoms with van der Waals surface area (Å²) in [6, 6.07) is 8.33. The molecule has 1 heterocycles. The molecule has 1 amide bonds. The molecular formula is C19H27N3OS2. The van der Waals surface area contributed by atoms with Crippen molar-refractivity contribution in [2.45, 2.75) is 57.6 Å². The number of benzene rings is 1. The maximum atomic E-state index is 12.2. The van der Waals surface area contributed by atoms with Crippen LogP contribution in [0.15, 0.2) is 28.6 Å². The number of amides is 1. The lowest BCUT2D eigenvalue weighted by Crippen LogP contribution is -2.18. The Bertz CT molecular complexity index is 707. The molecule has 1 aromatic carbocycles. The van der Waals surface area contributed by atoms with Gasteiger partial charge in [0.15, 0.2) is 4.34 Å². The number of aromatic nitrogens is 2. The van der Waals surface area contributed by atoms with Crippen molar-refractivity contribution in [1.29, 1.82) is 0 Å². The van der Waals surface area contributed by atoms with Crippen LogP contribution in [0.25, 0.3) is 0 Å². The standard InChI is InChI=1S/C19H27N3OS2/c1-13(11-19(3,4)5)10-16(23)20-17-21-22-18(25-17)24-12-15-9-7-6-8-14(15)2/h6-9,13H,10-12H2,1-5H3,(H,20,21,23)/t13-/m1/s1. The molecule has 0 aliphatic heterocycles. The third-order valence-corrected chi connectivity index (χ3v) is 5.78. The van der Waals surface area contributed by atoms with E-state index in [4.69, 9.17) is 0 Å². The Morgan fingerprint density at radius 3 is 2.68 bits per heavy atom. The maximum absolute atomic E-state index is 12.2. The Morgan fingerprint density at radius 1 is 1.28 bits per heavy atom. The molecule has 4 nitrogen and oxygen atoms in total. The van der Waals surface area contributed by atoms with E-state index < -0.39 is 0 Å². The third kappa shape index (κ3) is 7.16. The van der Waals surface area contributed by atoms with Crippen molar-refractivity contribution in [2.24, 2.45) is 11.3 Å². The average Bonchev–Trinajstić information content (AvgIpc) is 2.91. The molecule has 0 aliphatic carbocycles. The molecule has 1 N–H and O–H groups in total. The third-order valence-electron chi connectivity index (χ3n) is 3.76. The zero-order chi connectivity index (χ0) is 18.4. The SMILES string of the molecule is Cc1ccccc1CSc1nnc(NC(=O)C[C@@H](C)CC(C)(C)C)s1. The van der Waals surface area contributed by atoms with Gasteiger partial charge in [-0.25, -0.2) is 0 Å². The number of hydrogen-bond acceptors (Lipinski definition) is 5. The van der Waals surface area contributed by atoms with Gasteiger partial charge in [0.25, 0.3) is 0 Å². The summed E-state index contributed by atoms with van der Waals surface area (Å²) in [5.41, 5.74) is 2.81. The Morgan fingerprint density at radius 2 is 2.00 bits per heavy atom. The highest BCUT2D eigenvalue weighted by Gasteiger charge is 2.18. The second kappa shape index (κ2) is 8.81. The Labute approximate surface area is 158 Å². The van der Waals surface area contributed by atoms with E-state index in [1.165, 1.54) is 22.5 Å². The highest BCUT2D eigenvalue weighted by molar-refractivity contribution is 8.00. The van der Waals surface area contributed by atoms with Gasteiger partial charge in [-0.3, -0.25) is 4.79 Å². The summed E-state index contributed by atoms with van der Waals surface area (Å²) in [5, 5.41) is 11.7. The van der Waals surface area contributed by atoms with Crippen LogP contribution in [0, 0.1) is 18.3 Å². The zero-order valence-electron chi connectivity index (χ0n) is 15.6. The Balaban J connectivity index is 1.82. The number of carbonyl (C=O) groups excluding carboxylic acids is 1. The van der Waals surface area contributed by atoms with Gasteiger partial charge >= 0.3 is 0 Å². The van der Waals surface area contributed by atoms with Crippen molar-refractivity contribution in [3.8, 4) is 0 Å². The van der Waals surface area contributed by atoms with E-state index in [2.05, 4.69) is 62.3 Å². The van der Waals surface area contributed by atoms with Gasteiger partial charge in [0.1, 0.15) is 0 Å². The molecule has 6 heteroatoms. The highest BCUT2D eigenvalue weighted by Crippen LogP contribution is 2.30. The van der Waals surface area contributed by atoms with Crippen molar-refractivity contribution in [2.75, 3.05) is 5.32 Å². The summed E-state index contributed by atoms with van der Waals surface area (Å²) in [6.07, 6.45) is 1.54. The lowest BCUT2D eigenvalue weighted by molar-refractivity contribution is -0.117. The van der Waals surface area contributed by atoms with Crippen LogP contribution in [0.4, 0.5) is 5.13 Å². The van der Waals surface area contributed by atoms with E-state index in [0.717, 1.165) is 16.5 Å². The van der Waals surface area contributed by atoms with Gasteiger partial charge in [0.05, 0.1) is 0 Å². The second-order valence-electron chi connectivity index (χ2n) is 7.71. The van der Waals surface area contributed by atoms with E-state index in [0.29, 0.717) is 17.5 Å². The fraction of sp³-hybridized carbons (Fsp3) is 0.526. The minimum Gasteiger partial charge on any atom is -0.300 e. The first kappa shape index (κ1) is 19.9. The molecule has 0 saturated carbocycles. The van der Waals surface area contributed by atoms with E-state index >= 15 is 0 Å². The van der Waals surface area contributed by atoms with E-state index in [1.807, 2.05) is 12.1 Å². The van der Waals surface area contributed by atoms with Gasteiger partial charge in [0, 0.05) is 12.2 Å². The van der Waals surface area contributed by atoms with Gasteiger partial charge in [-0.2, -0.15) is 0 Å². The summed E-state index contributed by atoms with van der Waals surface area (Å²) in [7, 11) is 0. The minimum absolute atomic E-state index is 0.0170. The first-order chi connectivity index (χ1) is 11.7. The number of hydrogen-bond donors (Lipinski definition) is 1. The lowest BCUT2D eigenvalue weighted by Gasteiger charge is -2.22. The van der Waals surface area contributed by atoms with Gasteiger partial charge in [-0.15, -0.1) is 10.2 Å². The van der Waals surface area contributed by atoms with Crippen LogP contribution < -0.4 is 5.32 Å². The average molecular weight is 378 g/mol. The number of aryl methyl sites for hydroxylation is 1. The smallest absolute Gasteiger partial charge is 0.226 e. The van der Waals surface area contributed by atoms with Crippen LogP contribution in [-0.2, 0) is 10.5 Å². The maximum Gasteiger partial charge on any atom is 0.226 e. The summed E-state index contributed by atoms with van der Waals surface area (Å²) >= 11 is 3.09. The summed E-state index contributed by atoms with van der Waals surface area (Å²) in [5.74, 6) is 1.23. The molecule has 0 radical (unpaired) electrons. The molecule has 1 aromatic heterocycles.